The second kappa shape index (κ2) is 8.50. The molecule has 0 aliphatic carbocycles. The van der Waals surface area contributed by atoms with Crippen LogP contribution in [-0.2, 0) is 21.9 Å². The van der Waals surface area contributed by atoms with Crippen LogP contribution in [0.15, 0.2) is 46.3 Å². The van der Waals surface area contributed by atoms with Crippen LogP contribution in [0.25, 0.3) is 10.2 Å². The summed E-state index contributed by atoms with van der Waals surface area (Å²) < 4.78 is 30.2. The second-order valence-electron chi connectivity index (χ2n) is 7.95. The fourth-order valence-electron chi connectivity index (χ4n) is 4.07. The van der Waals surface area contributed by atoms with Gasteiger partial charge >= 0.3 is 0 Å². The molecule has 1 aliphatic rings. The summed E-state index contributed by atoms with van der Waals surface area (Å²) >= 11 is 7.37. The number of nitrogens with zero attached hydrogens (tertiary/aromatic N) is 3. The average Bonchev–Trinajstić information content (AvgIpc) is 3.03. The molecular formula is C22H24ClN3O3S2. The molecule has 0 radical (unpaired) electrons. The Morgan fingerprint density at radius 2 is 1.77 bits per heavy atom. The lowest BCUT2D eigenvalue weighted by Gasteiger charge is -2.29. The highest BCUT2D eigenvalue weighted by Gasteiger charge is 2.32. The van der Waals surface area contributed by atoms with Crippen molar-refractivity contribution >= 4 is 49.1 Å². The van der Waals surface area contributed by atoms with Crippen molar-refractivity contribution < 1.29 is 13.2 Å². The highest BCUT2D eigenvalue weighted by molar-refractivity contribution is 7.89. The van der Waals surface area contributed by atoms with E-state index in [9.17, 15) is 13.2 Å². The molecule has 0 saturated carbocycles. The molecule has 3 aromatic rings. The molecule has 0 bridgehead atoms. The van der Waals surface area contributed by atoms with E-state index in [1.54, 1.807) is 12.1 Å². The van der Waals surface area contributed by atoms with E-state index in [1.807, 2.05) is 11.6 Å². The Hall–Kier alpha value is -2.00. The van der Waals surface area contributed by atoms with Gasteiger partial charge in [0.15, 0.2) is 4.80 Å². The SMILES string of the molecule is Cc1cc(C)c2c(c1)sc(=NC(=O)C1CCN(S(=O)(=O)c3ccc(Cl)cc3)CC1)n2C. The summed E-state index contributed by atoms with van der Waals surface area (Å²) in [6, 6.07) is 10.4. The van der Waals surface area contributed by atoms with Crippen molar-refractivity contribution in [2.75, 3.05) is 13.1 Å². The number of benzene rings is 2. The first-order valence-electron chi connectivity index (χ1n) is 10.1. The third-order valence-electron chi connectivity index (χ3n) is 5.69. The Bertz CT molecular complexity index is 1320. The predicted octanol–water partition coefficient (Wildman–Crippen LogP) is 4.04. The lowest BCUT2D eigenvalue weighted by atomic mass is 9.98. The molecule has 31 heavy (non-hydrogen) atoms. The third kappa shape index (κ3) is 4.35. The van der Waals surface area contributed by atoms with Crippen LogP contribution in [0.5, 0.6) is 0 Å². The number of aryl methyl sites for hydroxylation is 3. The van der Waals surface area contributed by atoms with E-state index in [4.69, 9.17) is 11.6 Å². The molecule has 1 aliphatic heterocycles. The lowest BCUT2D eigenvalue weighted by Crippen LogP contribution is -2.40. The molecule has 0 N–H and O–H groups in total. The first-order valence-corrected chi connectivity index (χ1v) is 12.7. The van der Waals surface area contributed by atoms with Gasteiger partial charge in [0.25, 0.3) is 5.91 Å². The number of carbonyl (C=O) groups excluding carboxylic acids is 1. The number of amides is 1. The normalized spacial score (nSPS) is 16.8. The number of hydrogen-bond donors (Lipinski definition) is 0. The minimum atomic E-state index is -3.59. The van der Waals surface area contributed by atoms with Crippen LogP contribution < -0.4 is 4.80 Å². The number of sulfonamides is 1. The van der Waals surface area contributed by atoms with Gasteiger partial charge in [0.2, 0.25) is 10.0 Å². The van der Waals surface area contributed by atoms with Crippen LogP contribution in [0.3, 0.4) is 0 Å². The standard InChI is InChI=1S/C22H24ClN3O3S2/c1-14-12-15(2)20-19(13-14)30-22(25(20)3)24-21(27)16-8-10-26(11-9-16)31(28,29)18-6-4-17(23)5-7-18/h4-7,12-13,16H,8-11H2,1-3H3. The maximum absolute atomic E-state index is 12.9. The Labute approximate surface area is 190 Å². The Balaban J connectivity index is 1.51. The first-order chi connectivity index (χ1) is 14.7. The minimum Gasteiger partial charge on any atom is -0.319 e. The highest BCUT2D eigenvalue weighted by Crippen LogP contribution is 2.26. The number of carbonyl (C=O) groups is 1. The molecule has 2 heterocycles. The molecular weight excluding hydrogens is 454 g/mol. The molecule has 1 amide bonds. The smallest absolute Gasteiger partial charge is 0.251 e. The van der Waals surface area contributed by atoms with E-state index in [2.05, 4.69) is 31.0 Å². The van der Waals surface area contributed by atoms with Crippen molar-refractivity contribution in [2.45, 2.75) is 31.6 Å². The van der Waals surface area contributed by atoms with Crippen LogP contribution in [-0.4, -0.2) is 36.3 Å². The summed E-state index contributed by atoms with van der Waals surface area (Å²) in [7, 11) is -1.66. The quantitative estimate of drug-likeness (QED) is 0.571. The zero-order valence-electron chi connectivity index (χ0n) is 17.6. The molecule has 0 atom stereocenters. The number of aromatic nitrogens is 1. The van der Waals surface area contributed by atoms with Crippen LogP contribution in [0, 0.1) is 19.8 Å². The maximum atomic E-state index is 12.9. The van der Waals surface area contributed by atoms with Crippen LogP contribution >= 0.6 is 22.9 Å². The molecule has 9 heteroatoms. The van der Waals surface area contributed by atoms with Crippen LogP contribution in [0.1, 0.15) is 24.0 Å². The molecule has 1 fully saturated rings. The van der Waals surface area contributed by atoms with Gasteiger partial charge in [-0.1, -0.05) is 29.0 Å². The molecule has 1 aromatic heterocycles. The van der Waals surface area contributed by atoms with Crippen molar-refractivity contribution in [3.8, 4) is 0 Å². The lowest BCUT2D eigenvalue weighted by molar-refractivity contribution is -0.122. The van der Waals surface area contributed by atoms with Gasteiger partial charge in [0.1, 0.15) is 0 Å². The van der Waals surface area contributed by atoms with Gasteiger partial charge in [-0.3, -0.25) is 4.79 Å². The van der Waals surface area contributed by atoms with E-state index < -0.39 is 10.0 Å². The summed E-state index contributed by atoms with van der Waals surface area (Å²) in [6.45, 7) is 4.71. The molecule has 4 rings (SSSR count). The number of rotatable bonds is 3. The van der Waals surface area contributed by atoms with Crippen molar-refractivity contribution in [3.63, 3.8) is 0 Å². The number of halogens is 1. The molecule has 164 valence electrons. The first kappa shape index (κ1) is 22.2. The van der Waals surface area contributed by atoms with Gasteiger partial charge in [-0.2, -0.15) is 9.30 Å². The van der Waals surface area contributed by atoms with E-state index >= 15 is 0 Å². The van der Waals surface area contributed by atoms with E-state index in [-0.39, 0.29) is 16.7 Å². The van der Waals surface area contributed by atoms with Crippen molar-refractivity contribution in [3.05, 3.63) is 57.3 Å². The van der Waals surface area contributed by atoms with Crippen molar-refractivity contribution in [1.29, 1.82) is 0 Å². The van der Waals surface area contributed by atoms with Gasteiger partial charge in [-0.05, 0) is 68.1 Å². The molecule has 1 saturated heterocycles. The van der Waals surface area contributed by atoms with Crippen LogP contribution in [0.2, 0.25) is 5.02 Å². The van der Waals surface area contributed by atoms with Gasteiger partial charge in [0.05, 0.1) is 15.1 Å². The van der Waals surface area contributed by atoms with Gasteiger partial charge in [0, 0.05) is 31.1 Å². The summed E-state index contributed by atoms with van der Waals surface area (Å²) in [5.41, 5.74) is 3.42. The molecule has 0 unspecified atom stereocenters. The number of fused-ring (bicyclic) bond motifs is 1. The van der Waals surface area contributed by atoms with E-state index in [0.29, 0.717) is 35.8 Å². The van der Waals surface area contributed by atoms with E-state index in [1.165, 1.54) is 33.3 Å². The molecule has 2 aromatic carbocycles. The van der Waals surface area contributed by atoms with Crippen LogP contribution in [0.4, 0.5) is 0 Å². The summed E-state index contributed by atoms with van der Waals surface area (Å²) in [4.78, 5) is 18.1. The zero-order valence-corrected chi connectivity index (χ0v) is 20.0. The third-order valence-corrected chi connectivity index (χ3v) is 8.94. The Morgan fingerprint density at radius 3 is 2.42 bits per heavy atom. The largest absolute Gasteiger partial charge is 0.319 e. The highest BCUT2D eigenvalue weighted by atomic mass is 35.5. The van der Waals surface area contributed by atoms with Gasteiger partial charge in [-0.25, -0.2) is 8.42 Å². The fraction of sp³-hybridized carbons (Fsp3) is 0.364. The fourth-order valence-corrected chi connectivity index (χ4v) is 6.87. The predicted molar refractivity (Wildman–Crippen MR) is 124 cm³/mol. The monoisotopic (exact) mass is 477 g/mol. The number of thiazole rings is 1. The summed E-state index contributed by atoms with van der Waals surface area (Å²) in [5, 5.41) is 0.490. The Morgan fingerprint density at radius 1 is 1.13 bits per heavy atom. The number of piperidine rings is 1. The van der Waals surface area contributed by atoms with Crippen molar-refractivity contribution in [2.24, 2.45) is 18.0 Å². The maximum Gasteiger partial charge on any atom is 0.251 e. The average molecular weight is 478 g/mol. The summed E-state index contributed by atoms with van der Waals surface area (Å²) in [5.74, 6) is -0.454. The Kier molecular flexibility index (Phi) is 6.09. The van der Waals surface area contributed by atoms with E-state index in [0.717, 1.165) is 15.8 Å². The second-order valence-corrected chi connectivity index (χ2v) is 11.3. The van der Waals surface area contributed by atoms with Gasteiger partial charge in [-0.15, -0.1) is 0 Å². The minimum absolute atomic E-state index is 0.180. The molecule has 0 spiro atoms. The van der Waals surface area contributed by atoms with Gasteiger partial charge < -0.3 is 4.57 Å². The topological polar surface area (TPSA) is 71.7 Å². The zero-order chi connectivity index (χ0) is 22.3. The summed E-state index contributed by atoms with van der Waals surface area (Å²) in [6.07, 6.45) is 0.920. The number of hydrogen-bond acceptors (Lipinski definition) is 4. The van der Waals surface area contributed by atoms with Crippen molar-refractivity contribution in [1.82, 2.24) is 8.87 Å². The molecule has 6 nitrogen and oxygen atoms in total.